The van der Waals surface area contributed by atoms with Crippen molar-refractivity contribution < 1.29 is 13.2 Å². The molecule has 6 nitrogen and oxygen atoms in total. The summed E-state index contributed by atoms with van der Waals surface area (Å²) in [5.74, 6) is -0.453. The molecule has 1 fully saturated rings. The number of rotatable bonds is 4. The molecule has 138 valence electrons. The topological polar surface area (TPSA) is 81.1 Å². The van der Waals surface area contributed by atoms with E-state index in [1.165, 1.54) is 11.3 Å². The Hall–Kier alpha value is -2.15. The lowest BCUT2D eigenvalue weighted by Crippen LogP contribution is -2.36. The number of benzene rings is 1. The van der Waals surface area contributed by atoms with Gasteiger partial charge in [-0.3, -0.25) is 9.48 Å². The number of carbonyl (C=O) groups is 1. The Kier molecular flexibility index (Phi) is 4.56. The fraction of sp³-hybridized carbons (Fsp3) is 0.474. The average Bonchev–Trinajstić information content (AvgIpc) is 3.20. The summed E-state index contributed by atoms with van der Waals surface area (Å²) in [4.78, 5) is 12.5. The van der Waals surface area contributed by atoms with Crippen molar-refractivity contribution >= 4 is 15.7 Å². The first-order chi connectivity index (χ1) is 12.5. The molecule has 1 aliphatic carbocycles. The highest BCUT2D eigenvalue weighted by Gasteiger charge is 2.35. The maximum atomic E-state index is 12.5. The van der Waals surface area contributed by atoms with Crippen LogP contribution in [0.1, 0.15) is 42.1 Å². The van der Waals surface area contributed by atoms with Crippen molar-refractivity contribution in [3.63, 3.8) is 0 Å². The summed E-state index contributed by atoms with van der Waals surface area (Å²) in [6.07, 6.45) is 5.10. The second-order valence-corrected chi connectivity index (χ2v) is 9.47. The Balaban J connectivity index is 1.49. The molecule has 0 bridgehead atoms. The second kappa shape index (κ2) is 6.87. The molecule has 0 saturated carbocycles. The molecule has 0 spiro atoms. The number of nitrogens with zero attached hydrogens (tertiary/aromatic N) is 2. The molecule has 2 aromatic rings. The lowest BCUT2D eigenvalue weighted by molar-refractivity contribution is -0.125. The van der Waals surface area contributed by atoms with Crippen LogP contribution in [0.3, 0.4) is 0 Å². The van der Waals surface area contributed by atoms with Crippen molar-refractivity contribution in [3.8, 4) is 0 Å². The Labute approximate surface area is 153 Å². The van der Waals surface area contributed by atoms with Gasteiger partial charge in [0, 0.05) is 11.3 Å². The average molecular weight is 373 g/mol. The molecular formula is C19H23N3O3S. The van der Waals surface area contributed by atoms with Gasteiger partial charge in [-0.25, -0.2) is 8.42 Å². The van der Waals surface area contributed by atoms with Crippen molar-refractivity contribution in [1.29, 1.82) is 0 Å². The van der Waals surface area contributed by atoms with Gasteiger partial charge in [0.05, 0.1) is 36.2 Å². The lowest BCUT2D eigenvalue weighted by Gasteiger charge is -2.25. The molecule has 1 aromatic carbocycles. The number of amides is 1. The van der Waals surface area contributed by atoms with Crippen LogP contribution in [0.5, 0.6) is 0 Å². The maximum Gasteiger partial charge on any atom is 0.224 e. The van der Waals surface area contributed by atoms with E-state index >= 15 is 0 Å². The molecule has 1 N–H and O–H groups in total. The predicted molar refractivity (Wildman–Crippen MR) is 98.4 cm³/mol. The first-order valence-corrected chi connectivity index (χ1v) is 10.9. The molecule has 2 aliphatic rings. The van der Waals surface area contributed by atoms with Crippen LogP contribution >= 0.6 is 0 Å². The molecule has 2 heterocycles. The largest absolute Gasteiger partial charge is 0.349 e. The minimum atomic E-state index is -3.05. The number of carbonyl (C=O) groups excluding carboxylic acids is 1. The van der Waals surface area contributed by atoms with E-state index < -0.39 is 15.8 Å². The standard InChI is InChI=1S/C19H23N3O3S/c23-19(15-9-10-26(24,25)13-15)21-17-7-4-8-18-16(17)11-20-22(18)12-14-5-2-1-3-6-14/h1-3,5-6,11,15,17H,4,7-10,12-13H2,(H,21,23)/t15-,17+/m1/s1. The van der Waals surface area contributed by atoms with Crippen molar-refractivity contribution in [2.75, 3.05) is 11.5 Å². The zero-order chi connectivity index (χ0) is 18.1. The summed E-state index contributed by atoms with van der Waals surface area (Å²) in [5, 5.41) is 7.62. The van der Waals surface area contributed by atoms with E-state index in [-0.39, 0.29) is 23.5 Å². The minimum Gasteiger partial charge on any atom is -0.349 e. The molecule has 0 radical (unpaired) electrons. The molecule has 4 rings (SSSR count). The van der Waals surface area contributed by atoms with Crippen LogP contribution in [0.2, 0.25) is 0 Å². The summed E-state index contributed by atoms with van der Waals surface area (Å²) < 4.78 is 25.3. The van der Waals surface area contributed by atoms with Gasteiger partial charge in [0.25, 0.3) is 0 Å². The molecule has 7 heteroatoms. The molecule has 0 unspecified atom stereocenters. The van der Waals surface area contributed by atoms with Gasteiger partial charge < -0.3 is 5.32 Å². The number of hydrogen-bond donors (Lipinski definition) is 1. The smallest absolute Gasteiger partial charge is 0.224 e. The molecule has 1 aliphatic heterocycles. The van der Waals surface area contributed by atoms with Gasteiger partial charge in [-0.1, -0.05) is 30.3 Å². The predicted octanol–water partition coefficient (Wildman–Crippen LogP) is 1.86. The van der Waals surface area contributed by atoms with Crippen LogP contribution in [-0.2, 0) is 27.6 Å². The third-order valence-corrected chi connectivity index (χ3v) is 7.13. The molecule has 1 saturated heterocycles. The zero-order valence-electron chi connectivity index (χ0n) is 14.6. The van der Waals surface area contributed by atoms with E-state index in [1.54, 1.807) is 0 Å². The van der Waals surface area contributed by atoms with E-state index in [9.17, 15) is 13.2 Å². The number of sulfone groups is 1. The summed E-state index contributed by atoms with van der Waals surface area (Å²) >= 11 is 0. The monoisotopic (exact) mass is 373 g/mol. The summed E-state index contributed by atoms with van der Waals surface area (Å²) in [6, 6.07) is 10.1. The Bertz CT molecular complexity index is 905. The fourth-order valence-corrected chi connectivity index (χ4v) is 5.69. The molecular weight excluding hydrogens is 350 g/mol. The number of nitrogens with one attached hydrogen (secondary N) is 1. The first-order valence-electron chi connectivity index (χ1n) is 9.11. The minimum absolute atomic E-state index is 0.0221. The Morgan fingerprint density at radius 3 is 2.77 bits per heavy atom. The van der Waals surface area contributed by atoms with Crippen LogP contribution in [0, 0.1) is 5.92 Å². The highest BCUT2D eigenvalue weighted by Crippen LogP contribution is 2.31. The number of fused-ring (bicyclic) bond motifs is 1. The molecule has 2 atom stereocenters. The van der Waals surface area contributed by atoms with Crippen molar-refractivity contribution in [1.82, 2.24) is 15.1 Å². The summed E-state index contributed by atoms with van der Waals surface area (Å²) in [6.45, 7) is 0.720. The second-order valence-electron chi connectivity index (χ2n) is 7.24. The Morgan fingerprint density at radius 1 is 1.23 bits per heavy atom. The lowest BCUT2D eigenvalue weighted by atomic mass is 9.92. The quantitative estimate of drug-likeness (QED) is 0.887. The molecule has 1 aromatic heterocycles. The normalized spacial score (nSPS) is 24.2. The van der Waals surface area contributed by atoms with Crippen molar-refractivity contribution in [2.45, 2.75) is 38.3 Å². The van der Waals surface area contributed by atoms with Crippen LogP contribution < -0.4 is 5.32 Å². The molecule has 26 heavy (non-hydrogen) atoms. The van der Waals surface area contributed by atoms with E-state index in [1.807, 2.05) is 29.1 Å². The summed E-state index contributed by atoms with van der Waals surface area (Å²) in [7, 11) is -3.05. The maximum absolute atomic E-state index is 12.5. The first kappa shape index (κ1) is 17.3. The van der Waals surface area contributed by atoms with Gasteiger partial charge in [0.1, 0.15) is 0 Å². The zero-order valence-corrected chi connectivity index (χ0v) is 15.4. The van der Waals surface area contributed by atoms with E-state index in [4.69, 9.17) is 0 Å². The van der Waals surface area contributed by atoms with Gasteiger partial charge in [-0.2, -0.15) is 5.10 Å². The summed E-state index contributed by atoms with van der Waals surface area (Å²) in [5.41, 5.74) is 3.44. The number of hydrogen-bond acceptors (Lipinski definition) is 4. The third kappa shape index (κ3) is 3.53. The number of aromatic nitrogens is 2. The van der Waals surface area contributed by atoms with E-state index in [2.05, 4.69) is 22.5 Å². The van der Waals surface area contributed by atoms with Gasteiger partial charge in [0.15, 0.2) is 9.84 Å². The highest BCUT2D eigenvalue weighted by atomic mass is 32.2. The van der Waals surface area contributed by atoms with Crippen molar-refractivity contribution in [2.24, 2.45) is 5.92 Å². The third-order valence-electron chi connectivity index (χ3n) is 5.36. The van der Waals surface area contributed by atoms with Crippen LogP contribution in [0.4, 0.5) is 0 Å². The van der Waals surface area contributed by atoms with Gasteiger partial charge in [0.2, 0.25) is 5.91 Å². The highest BCUT2D eigenvalue weighted by molar-refractivity contribution is 7.91. The van der Waals surface area contributed by atoms with Crippen molar-refractivity contribution in [3.05, 3.63) is 53.3 Å². The van der Waals surface area contributed by atoms with Crippen LogP contribution in [0.15, 0.2) is 36.5 Å². The van der Waals surface area contributed by atoms with E-state index in [0.717, 1.165) is 31.4 Å². The van der Waals surface area contributed by atoms with E-state index in [0.29, 0.717) is 6.42 Å². The van der Waals surface area contributed by atoms with Gasteiger partial charge >= 0.3 is 0 Å². The van der Waals surface area contributed by atoms with Crippen LogP contribution in [-0.4, -0.2) is 35.6 Å². The SMILES string of the molecule is O=C(N[C@H]1CCCc2c1cnn2Cc1ccccc1)[C@@H]1CCS(=O)(=O)C1. The van der Waals surface area contributed by atoms with Gasteiger partial charge in [-0.15, -0.1) is 0 Å². The molecule has 1 amide bonds. The Morgan fingerprint density at radius 2 is 2.04 bits per heavy atom. The van der Waals surface area contributed by atoms with Gasteiger partial charge in [-0.05, 0) is 31.2 Å². The van der Waals surface area contributed by atoms with Crippen LogP contribution in [0.25, 0.3) is 0 Å². The fourth-order valence-electron chi connectivity index (χ4n) is 3.95.